The van der Waals surface area contributed by atoms with Gasteiger partial charge in [-0.15, -0.1) is 0 Å². The van der Waals surface area contributed by atoms with Gasteiger partial charge in [0.25, 0.3) is 0 Å². The van der Waals surface area contributed by atoms with Crippen molar-refractivity contribution < 1.29 is 4.39 Å². The summed E-state index contributed by atoms with van der Waals surface area (Å²) in [5, 5.41) is 0. The van der Waals surface area contributed by atoms with Gasteiger partial charge < -0.3 is 0 Å². The van der Waals surface area contributed by atoms with Crippen molar-refractivity contribution >= 4 is 6.08 Å². The predicted octanol–water partition coefficient (Wildman–Crippen LogP) is 5.46. The maximum atomic E-state index is 13.7. The molecular formula is C16H23F. The molecule has 0 aromatic heterocycles. The fraction of sp³-hybridized carbons (Fsp3) is 0.500. The number of hydrogen-bond acceptors (Lipinski definition) is 0. The third kappa shape index (κ3) is 3.18. The highest BCUT2D eigenvalue weighted by molar-refractivity contribution is 5.53. The summed E-state index contributed by atoms with van der Waals surface area (Å²) in [5.41, 5.74) is 2.83. The van der Waals surface area contributed by atoms with Gasteiger partial charge in [-0.05, 0) is 42.9 Å². The zero-order valence-corrected chi connectivity index (χ0v) is 11.2. The van der Waals surface area contributed by atoms with Crippen LogP contribution in [-0.2, 0) is 0 Å². The number of halogens is 1. The quantitative estimate of drug-likeness (QED) is 0.637. The highest BCUT2D eigenvalue weighted by Gasteiger charge is 2.18. The van der Waals surface area contributed by atoms with Crippen LogP contribution in [0, 0.1) is 12.7 Å². The molecule has 0 unspecified atom stereocenters. The second-order valence-electron chi connectivity index (χ2n) is 4.42. The first-order valence-electron chi connectivity index (χ1n) is 6.65. The van der Waals surface area contributed by atoms with Crippen molar-refractivity contribution in [2.75, 3.05) is 0 Å². The summed E-state index contributed by atoms with van der Waals surface area (Å²) < 4.78 is 13.7. The van der Waals surface area contributed by atoms with E-state index in [1.165, 1.54) is 31.2 Å². The molecule has 0 heterocycles. The molecule has 0 spiro atoms. The summed E-state index contributed by atoms with van der Waals surface area (Å²) in [6.07, 6.45) is 6.60. The van der Waals surface area contributed by atoms with Crippen LogP contribution in [0.5, 0.6) is 0 Å². The molecule has 1 fully saturated rings. The van der Waals surface area contributed by atoms with E-state index in [2.05, 4.69) is 12.6 Å². The summed E-state index contributed by atoms with van der Waals surface area (Å²) >= 11 is 0. The van der Waals surface area contributed by atoms with Crippen molar-refractivity contribution in [2.45, 2.75) is 52.4 Å². The van der Waals surface area contributed by atoms with Crippen molar-refractivity contribution in [1.29, 1.82) is 0 Å². The Bertz CT molecular complexity index is 350. The summed E-state index contributed by atoms with van der Waals surface area (Å²) in [7, 11) is 0. The van der Waals surface area contributed by atoms with Crippen LogP contribution in [0.4, 0.5) is 4.39 Å². The number of benzene rings is 1. The van der Waals surface area contributed by atoms with Crippen molar-refractivity contribution in [1.82, 2.24) is 0 Å². The smallest absolute Gasteiger partial charge is 0.130 e. The third-order valence-corrected chi connectivity index (χ3v) is 3.39. The Morgan fingerprint density at radius 2 is 1.82 bits per heavy atom. The van der Waals surface area contributed by atoms with Gasteiger partial charge in [0, 0.05) is 5.56 Å². The van der Waals surface area contributed by atoms with Gasteiger partial charge in [0.2, 0.25) is 0 Å². The van der Waals surface area contributed by atoms with Gasteiger partial charge in [-0.25, -0.2) is 4.39 Å². The number of rotatable bonds is 2. The van der Waals surface area contributed by atoms with Gasteiger partial charge in [0.15, 0.2) is 0 Å². The van der Waals surface area contributed by atoms with Gasteiger partial charge in [-0.1, -0.05) is 45.4 Å². The zero-order chi connectivity index (χ0) is 12.8. The van der Waals surface area contributed by atoms with Crippen LogP contribution in [-0.4, -0.2) is 0 Å². The van der Waals surface area contributed by atoms with Crippen molar-refractivity contribution in [3.8, 4) is 0 Å². The van der Waals surface area contributed by atoms with Crippen LogP contribution in [0.2, 0.25) is 0 Å². The molecule has 0 radical (unpaired) electrons. The van der Waals surface area contributed by atoms with E-state index >= 15 is 0 Å². The maximum absolute atomic E-state index is 13.7. The molecule has 1 aliphatic rings. The zero-order valence-electron chi connectivity index (χ0n) is 11.2. The predicted molar refractivity (Wildman–Crippen MR) is 73.8 cm³/mol. The SMILES string of the molecule is C=Cc1c(C)cc(C2CCCC2)cc1F.CC. The van der Waals surface area contributed by atoms with Crippen LogP contribution < -0.4 is 0 Å². The molecule has 1 heteroatoms. The maximum Gasteiger partial charge on any atom is 0.130 e. The molecule has 1 saturated carbocycles. The molecule has 94 valence electrons. The van der Waals surface area contributed by atoms with E-state index in [1.54, 1.807) is 12.1 Å². The molecule has 1 aromatic rings. The van der Waals surface area contributed by atoms with E-state index in [9.17, 15) is 4.39 Å². The summed E-state index contributed by atoms with van der Waals surface area (Å²) in [6.45, 7) is 9.60. The third-order valence-electron chi connectivity index (χ3n) is 3.39. The molecule has 0 atom stereocenters. The number of aryl methyl sites for hydroxylation is 1. The fourth-order valence-corrected chi connectivity index (χ4v) is 2.54. The van der Waals surface area contributed by atoms with Crippen LogP contribution in [0.25, 0.3) is 6.08 Å². The van der Waals surface area contributed by atoms with Gasteiger partial charge in [0.1, 0.15) is 5.82 Å². The average molecular weight is 234 g/mol. The molecule has 0 saturated heterocycles. The lowest BCUT2D eigenvalue weighted by Crippen LogP contribution is -1.97. The molecule has 0 aliphatic heterocycles. The molecule has 1 aliphatic carbocycles. The first-order valence-corrected chi connectivity index (χ1v) is 6.65. The van der Waals surface area contributed by atoms with E-state index < -0.39 is 0 Å². The second kappa shape index (κ2) is 6.58. The average Bonchev–Trinajstić information content (AvgIpc) is 2.84. The minimum absolute atomic E-state index is 0.119. The molecular weight excluding hydrogens is 211 g/mol. The molecule has 1 aromatic carbocycles. The topological polar surface area (TPSA) is 0 Å². The van der Waals surface area contributed by atoms with Crippen LogP contribution >= 0.6 is 0 Å². The molecule has 0 amide bonds. The van der Waals surface area contributed by atoms with E-state index in [1.807, 2.05) is 20.8 Å². The number of hydrogen-bond donors (Lipinski definition) is 0. The van der Waals surface area contributed by atoms with E-state index in [-0.39, 0.29) is 5.82 Å². The normalized spacial score (nSPS) is 15.3. The first-order chi connectivity index (χ1) is 8.22. The Balaban J connectivity index is 0.000000686. The highest BCUT2D eigenvalue weighted by atomic mass is 19.1. The summed E-state index contributed by atoms with van der Waals surface area (Å²) in [6, 6.07) is 3.82. The van der Waals surface area contributed by atoms with Crippen molar-refractivity contribution in [3.63, 3.8) is 0 Å². The Morgan fingerprint density at radius 1 is 1.24 bits per heavy atom. The standard InChI is InChI=1S/C14H17F.C2H6/c1-3-13-10(2)8-12(9-14(13)15)11-6-4-5-7-11;1-2/h3,8-9,11H,1,4-7H2,2H3;1-2H3. The fourth-order valence-electron chi connectivity index (χ4n) is 2.54. The van der Waals surface area contributed by atoms with Crippen LogP contribution in [0.3, 0.4) is 0 Å². The minimum Gasteiger partial charge on any atom is -0.206 e. The lowest BCUT2D eigenvalue weighted by Gasteiger charge is -2.12. The van der Waals surface area contributed by atoms with Gasteiger partial charge >= 0.3 is 0 Å². The van der Waals surface area contributed by atoms with Crippen LogP contribution in [0.1, 0.15) is 62.1 Å². The van der Waals surface area contributed by atoms with Crippen molar-refractivity contribution in [2.24, 2.45) is 0 Å². The van der Waals surface area contributed by atoms with E-state index in [0.29, 0.717) is 11.5 Å². The van der Waals surface area contributed by atoms with Gasteiger partial charge in [-0.3, -0.25) is 0 Å². The van der Waals surface area contributed by atoms with Gasteiger partial charge in [-0.2, -0.15) is 0 Å². The highest BCUT2D eigenvalue weighted by Crippen LogP contribution is 2.35. The van der Waals surface area contributed by atoms with Crippen LogP contribution in [0.15, 0.2) is 18.7 Å². The van der Waals surface area contributed by atoms with E-state index in [4.69, 9.17) is 0 Å². The second-order valence-corrected chi connectivity index (χ2v) is 4.42. The lowest BCUT2D eigenvalue weighted by molar-refractivity contribution is 0.614. The molecule has 0 bridgehead atoms. The Hall–Kier alpha value is -1.11. The molecule has 0 nitrogen and oxygen atoms in total. The monoisotopic (exact) mass is 234 g/mol. The molecule has 0 N–H and O–H groups in total. The largest absolute Gasteiger partial charge is 0.206 e. The Labute approximate surface area is 105 Å². The molecule has 2 rings (SSSR count). The Kier molecular flexibility index (Phi) is 5.40. The Morgan fingerprint density at radius 3 is 2.29 bits per heavy atom. The summed E-state index contributed by atoms with van der Waals surface area (Å²) in [4.78, 5) is 0. The van der Waals surface area contributed by atoms with Crippen molar-refractivity contribution in [3.05, 3.63) is 41.2 Å². The lowest BCUT2D eigenvalue weighted by atomic mass is 9.94. The van der Waals surface area contributed by atoms with Gasteiger partial charge in [0.05, 0.1) is 0 Å². The molecule has 17 heavy (non-hydrogen) atoms. The van der Waals surface area contributed by atoms with E-state index in [0.717, 1.165) is 5.56 Å². The summed E-state index contributed by atoms with van der Waals surface area (Å²) in [5.74, 6) is 0.462. The first kappa shape index (κ1) is 14.0. The minimum atomic E-state index is -0.119.